The first-order chi connectivity index (χ1) is 7.20. The number of rotatable bonds is 2. The summed E-state index contributed by atoms with van der Waals surface area (Å²) in [6, 6.07) is 4.19. The maximum absolute atomic E-state index is 5.62. The molecule has 2 rings (SSSR count). The molecule has 0 saturated carbocycles. The van der Waals surface area contributed by atoms with E-state index in [4.69, 9.17) is 5.73 Å². The summed E-state index contributed by atoms with van der Waals surface area (Å²) in [5, 5.41) is 0. The standard InChI is InChI=1S/C12H19N3/c1-9-5-6-15(8-9)12-4-3-11(7-13)10(2)14-12/h3-4,9H,5-8,13H2,1-2H3. The SMILES string of the molecule is Cc1nc(N2CCC(C)C2)ccc1CN. The molecule has 0 spiro atoms. The first kappa shape index (κ1) is 10.4. The fourth-order valence-electron chi connectivity index (χ4n) is 2.11. The van der Waals surface area contributed by atoms with Gasteiger partial charge in [0.1, 0.15) is 5.82 Å². The Morgan fingerprint density at radius 1 is 1.53 bits per heavy atom. The van der Waals surface area contributed by atoms with E-state index < -0.39 is 0 Å². The van der Waals surface area contributed by atoms with Crippen LogP contribution in [0.15, 0.2) is 12.1 Å². The molecule has 1 unspecified atom stereocenters. The molecule has 1 aromatic heterocycles. The van der Waals surface area contributed by atoms with Crippen LogP contribution in [0.4, 0.5) is 5.82 Å². The van der Waals surface area contributed by atoms with Crippen molar-refractivity contribution in [2.24, 2.45) is 11.7 Å². The van der Waals surface area contributed by atoms with Crippen molar-refractivity contribution in [1.82, 2.24) is 4.98 Å². The fourth-order valence-corrected chi connectivity index (χ4v) is 2.11. The van der Waals surface area contributed by atoms with E-state index in [0.717, 1.165) is 36.1 Å². The summed E-state index contributed by atoms with van der Waals surface area (Å²) in [6.45, 7) is 7.17. The first-order valence-corrected chi connectivity index (χ1v) is 5.62. The van der Waals surface area contributed by atoms with Gasteiger partial charge in [-0.2, -0.15) is 0 Å². The maximum atomic E-state index is 5.62. The lowest BCUT2D eigenvalue weighted by Crippen LogP contribution is -2.20. The Morgan fingerprint density at radius 3 is 2.87 bits per heavy atom. The second kappa shape index (κ2) is 4.19. The average molecular weight is 205 g/mol. The summed E-state index contributed by atoms with van der Waals surface area (Å²) in [6.07, 6.45) is 1.28. The molecule has 2 N–H and O–H groups in total. The fraction of sp³-hybridized carbons (Fsp3) is 0.583. The molecule has 1 saturated heterocycles. The van der Waals surface area contributed by atoms with Gasteiger partial charge in [-0.05, 0) is 30.9 Å². The van der Waals surface area contributed by atoms with E-state index in [9.17, 15) is 0 Å². The smallest absolute Gasteiger partial charge is 0.128 e. The maximum Gasteiger partial charge on any atom is 0.128 e. The highest BCUT2D eigenvalue weighted by atomic mass is 15.2. The lowest BCUT2D eigenvalue weighted by atomic mass is 10.2. The van der Waals surface area contributed by atoms with Crippen molar-refractivity contribution in [2.75, 3.05) is 18.0 Å². The molecule has 1 aliphatic rings. The van der Waals surface area contributed by atoms with Gasteiger partial charge in [-0.25, -0.2) is 4.98 Å². The van der Waals surface area contributed by atoms with Crippen molar-refractivity contribution in [3.63, 3.8) is 0 Å². The molecular weight excluding hydrogens is 186 g/mol. The molecule has 82 valence electrons. The van der Waals surface area contributed by atoms with E-state index in [-0.39, 0.29) is 0 Å². The Balaban J connectivity index is 2.19. The second-order valence-electron chi connectivity index (χ2n) is 4.46. The van der Waals surface area contributed by atoms with Crippen LogP contribution in [0.5, 0.6) is 0 Å². The third-order valence-corrected chi connectivity index (χ3v) is 3.15. The highest BCUT2D eigenvalue weighted by molar-refractivity contribution is 5.42. The molecule has 1 aromatic rings. The van der Waals surface area contributed by atoms with Crippen LogP contribution in [0.2, 0.25) is 0 Å². The van der Waals surface area contributed by atoms with Crippen LogP contribution in [-0.4, -0.2) is 18.1 Å². The first-order valence-electron chi connectivity index (χ1n) is 5.62. The molecular formula is C12H19N3. The van der Waals surface area contributed by atoms with Gasteiger partial charge in [0.05, 0.1) is 0 Å². The van der Waals surface area contributed by atoms with Gasteiger partial charge >= 0.3 is 0 Å². The number of nitrogens with zero attached hydrogens (tertiary/aromatic N) is 2. The zero-order chi connectivity index (χ0) is 10.8. The van der Waals surface area contributed by atoms with Crippen LogP contribution < -0.4 is 10.6 Å². The minimum Gasteiger partial charge on any atom is -0.356 e. The van der Waals surface area contributed by atoms with Crippen molar-refractivity contribution < 1.29 is 0 Å². The molecule has 0 amide bonds. The van der Waals surface area contributed by atoms with Crippen molar-refractivity contribution in [1.29, 1.82) is 0 Å². The average Bonchev–Trinajstić information content (AvgIpc) is 2.65. The molecule has 15 heavy (non-hydrogen) atoms. The van der Waals surface area contributed by atoms with Crippen LogP contribution in [0.25, 0.3) is 0 Å². The van der Waals surface area contributed by atoms with Crippen molar-refractivity contribution >= 4 is 5.82 Å². The molecule has 0 aliphatic carbocycles. The van der Waals surface area contributed by atoms with Crippen molar-refractivity contribution in [3.05, 3.63) is 23.4 Å². The minimum absolute atomic E-state index is 0.579. The molecule has 3 nitrogen and oxygen atoms in total. The van der Waals surface area contributed by atoms with Gasteiger partial charge in [0.25, 0.3) is 0 Å². The predicted octanol–water partition coefficient (Wildman–Crippen LogP) is 1.69. The number of hydrogen-bond donors (Lipinski definition) is 1. The van der Waals surface area contributed by atoms with E-state index in [1.54, 1.807) is 0 Å². The minimum atomic E-state index is 0.579. The van der Waals surface area contributed by atoms with Gasteiger partial charge in [-0.1, -0.05) is 13.0 Å². The van der Waals surface area contributed by atoms with Crippen molar-refractivity contribution in [3.8, 4) is 0 Å². The number of pyridine rings is 1. The summed E-state index contributed by atoms with van der Waals surface area (Å²) in [7, 11) is 0. The number of nitrogens with two attached hydrogens (primary N) is 1. The second-order valence-corrected chi connectivity index (χ2v) is 4.46. The summed E-state index contributed by atoms with van der Waals surface area (Å²) in [5.41, 5.74) is 7.83. The monoisotopic (exact) mass is 205 g/mol. The van der Waals surface area contributed by atoms with Crippen LogP contribution in [0, 0.1) is 12.8 Å². The van der Waals surface area contributed by atoms with E-state index >= 15 is 0 Å². The van der Waals surface area contributed by atoms with Gasteiger partial charge in [-0.15, -0.1) is 0 Å². The predicted molar refractivity (Wildman–Crippen MR) is 62.9 cm³/mol. The quantitative estimate of drug-likeness (QED) is 0.799. The van der Waals surface area contributed by atoms with Gasteiger partial charge in [-0.3, -0.25) is 0 Å². The van der Waals surface area contributed by atoms with E-state index in [1.807, 2.05) is 6.92 Å². The molecule has 1 fully saturated rings. The Kier molecular flexibility index (Phi) is 2.91. The molecule has 0 bridgehead atoms. The largest absolute Gasteiger partial charge is 0.356 e. The third-order valence-electron chi connectivity index (χ3n) is 3.15. The van der Waals surface area contributed by atoms with Gasteiger partial charge in [0.15, 0.2) is 0 Å². The zero-order valence-electron chi connectivity index (χ0n) is 9.53. The van der Waals surface area contributed by atoms with Gasteiger partial charge < -0.3 is 10.6 Å². The summed E-state index contributed by atoms with van der Waals surface area (Å²) < 4.78 is 0. The van der Waals surface area contributed by atoms with Crippen molar-refractivity contribution in [2.45, 2.75) is 26.8 Å². The lowest BCUT2D eigenvalue weighted by molar-refractivity contribution is 0.659. The van der Waals surface area contributed by atoms with Crippen LogP contribution in [0.1, 0.15) is 24.6 Å². The number of anilines is 1. The Hall–Kier alpha value is -1.09. The van der Waals surface area contributed by atoms with Gasteiger partial charge in [0, 0.05) is 25.3 Å². The van der Waals surface area contributed by atoms with Crippen LogP contribution in [0.3, 0.4) is 0 Å². The van der Waals surface area contributed by atoms with Gasteiger partial charge in [0.2, 0.25) is 0 Å². The Bertz CT molecular complexity index is 349. The summed E-state index contributed by atoms with van der Waals surface area (Å²) in [5.74, 6) is 1.90. The number of aromatic nitrogens is 1. The summed E-state index contributed by atoms with van der Waals surface area (Å²) >= 11 is 0. The summed E-state index contributed by atoms with van der Waals surface area (Å²) in [4.78, 5) is 6.97. The normalized spacial score (nSPS) is 21.0. The number of aryl methyl sites for hydroxylation is 1. The highest BCUT2D eigenvalue weighted by Gasteiger charge is 2.19. The topological polar surface area (TPSA) is 42.2 Å². The Morgan fingerprint density at radius 2 is 2.33 bits per heavy atom. The molecule has 1 atom stereocenters. The molecule has 0 aromatic carbocycles. The lowest BCUT2D eigenvalue weighted by Gasteiger charge is -2.18. The third kappa shape index (κ3) is 2.12. The Labute approximate surface area is 91.3 Å². The van der Waals surface area contributed by atoms with E-state index in [0.29, 0.717) is 6.54 Å². The molecule has 1 aliphatic heterocycles. The van der Waals surface area contributed by atoms with Crippen LogP contribution in [-0.2, 0) is 6.54 Å². The molecule has 2 heterocycles. The van der Waals surface area contributed by atoms with Crippen LogP contribution >= 0.6 is 0 Å². The van der Waals surface area contributed by atoms with E-state index in [1.165, 1.54) is 6.42 Å². The number of hydrogen-bond acceptors (Lipinski definition) is 3. The van der Waals surface area contributed by atoms with E-state index in [2.05, 4.69) is 28.9 Å². The molecule has 3 heteroatoms. The molecule has 0 radical (unpaired) electrons. The zero-order valence-corrected chi connectivity index (χ0v) is 9.53. The highest BCUT2D eigenvalue weighted by Crippen LogP contribution is 2.22.